The highest BCUT2D eigenvalue weighted by molar-refractivity contribution is 5.95. The number of fused-ring (bicyclic) bond motifs is 2. The maximum absolute atomic E-state index is 11.5. The first-order valence-corrected chi connectivity index (χ1v) is 7.18. The van der Waals surface area contributed by atoms with Crippen molar-refractivity contribution in [1.82, 2.24) is 9.55 Å². The van der Waals surface area contributed by atoms with Gasteiger partial charge >= 0.3 is 0 Å². The van der Waals surface area contributed by atoms with E-state index < -0.39 is 0 Å². The van der Waals surface area contributed by atoms with Crippen LogP contribution in [-0.2, 0) is 24.3 Å². The van der Waals surface area contributed by atoms with Crippen LogP contribution in [0.1, 0.15) is 17.8 Å². The molecule has 2 aromatic rings. The van der Waals surface area contributed by atoms with Gasteiger partial charge in [-0.2, -0.15) is 0 Å². The Bertz CT molecular complexity index is 721. The topological polar surface area (TPSA) is 76.2 Å². The number of aromatic nitrogens is 2. The lowest BCUT2D eigenvalue weighted by Gasteiger charge is -2.31. The van der Waals surface area contributed by atoms with Gasteiger partial charge < -0.3 is 20.5 Å². The molecular formula is C15H17N5O. The summed E-state index contributed by atoms with van der Waals surface area (Å²) in [4.78, 5) is 18.1. The molecule has 0 spiro atoms. The third-order valence-electron chi connectivity index (χ3n) is 4.23. The van der Waals surface area contributed by atoms with Crippen LogP contribution in [0.2, 0.25) is 0 Å². The van der Waals surface area contributed by atoms with Crippen LogP contribution in [-0.4, -0.2) is 22.0 Å². The summed E-state index contributed by atoms with van der Waals surface area (Å²) in [6.45, 7) is 2.60. The van der Waals surface area contributed by atoms with Crippen molar-refractivity contribution < 1.29 is 4.79 Å². The second-order valence-corrected chi connectivity index (χ2v) is 5.57. The second kappa shape index (κ2) is 4.51. The van der Waals surface area contributed by atoms with Crippen LogP contribution in [0, 0.1) is 0 Å². The molecule has 3 N–H and O–H groups in total. The molecule has 0 aliphatic carbocycles. The molecule has 21 heavy (non-hydrogen) atoms. The molecule has 0 atom stereocenters. The Morgan fingerprint density at radius 2 is 2.14 bits per heavy atom. The van der Waals surface area contributed by atoms with Crippen LogP contribution in [0.3, 0.4) is 0 Å². The van der Waals surface area contributed by atoms with Crippen molar-refractivity contribution in [3.05, 3.63) is 35.9 Å². The van der Waals surface area contributed by atoms with Crippen molar-refractivity contribution in [2.45, 2.75) is 25.9 Å². The molecule has 0 saturated heterocycles. The van der Waals surface area contributed by atoms with E-state index in [9.17, 15) is 4.79 Å². The lowest BCUT2D eigenvalue weighted by molar-refractivity contribution is -0.116. The summed E-state index contributed by atoms with van der Waals surface area (Å²) in [5, 5.41) is 2.89. The Morgan fingerprint density at radius 3 is 3.05 bits per heavy atom. The number of anilines is 3. The maximum atomic E-state index is 11.5. The van der Waals surface area contributed by atoms with Gasteiger partial charge in [0.1, 0.15) is 5.82 Å². The third kappa shape index (κ3) is 2.03. The molecule has 0 unspecified atom stereocenters. The molecule has 0 bridgehead atoms. The fourth-order valence-electron chi connectivity index (χ4n) is 3.09. The zero-order chi connectivity index (χ0) is 14.4. The van der Waals surface area contributed by atoms with Crippen LogP contribution in [0.15, 0.2) is 24.5 Å². The lowest BCUT2D eigenvalue weighted by atomic mass is 10.0. The van der Waals surface area contributed by atoms with Crippen molar-refractivity contribution in [1.29, 1.82) is 0 Å². The maximum Gasteiger partial charge on any atom is 0.224 e. The van der Waals surface area contributed by atoms with Crippen LogP contribution < -0.4 is 16.0 Å². The van der Waals surface area contributed by atoms with E-state index in [1.807, 2.05) is 18.5 Å². The summed E-state index contributed by atoms with van der Waals surface area (Å²) in [6.07, 6.45) is 5.17. The number of nitrogens with two attached hydrogens (primary N) is 1. The van der Waals surface area contributed by atoms with Gasteiger partial charge in [0.15, 0.2) is 0 Å². The summed E-state index contributed by atoms with van der Waals surface area (Å²) >= 11 is 0. The fraction of sp³-hybridized carbons (Fsp3) is 0.333. The van der Waals surface area contributed by atoms with Gasteiger partial charge in [0.25, 0.3) is 0 Å². The second-order valence-electron chi connectivity index (χ2n) is 5.57. The average Bonchev–Trinajstić information content (AvgIpc) is 2.93. The fourth-order valence-corrected chi connectivity index (χ4v) is 3.09. The highest BCUT2D eigenvalue weighted by Crippen LogP contribution is 2.34. The first-order valence-electron chi connectivity index (χ1n) is 7.18. The summed E-state index contributed by atoms with van der Waals surface area (Å²) < 4.78 is 2.17. The Morgan fingerprint density at radius 1 is 1.24 bits per heavy atom. The average molecular weight is 283 g/mol. The molecule has 2 aliphatic heterocycles. The van der Waals surface area contributed by atoms with E-state index in [-0.39, 0.29) is 5.91 Å². The Labute approximate surface area is 122 Å². The van der Waals surface area contributed by atoms with Crippen molar-refractivity contribution in [3.8, 4) is 0 Å². The number of benzene rings is 1. The van der Waals surface area contributed by atoms with Crippen LogP contribution in [0.4, 0.5) is 17.1 Å². The minimum Gasteiger partial charge on any atom is -0.397 e. The van der Waals surface area contributed by atoms with Crippen LogP contribution >= 0.6 is 0 Å². The molecular weight excluding hydrogens is 266 g/mol. The summed E-state index contributed by atoms with van der Waals surface area (Å²) in [5.74, 6) is 1.13. The Kier molecular flexibility index (Phi) is 2.63. The van der Waals surface area contributed by atoms with Crippen molar-refractivity contribution in [2.75, 3.05) is 22.5 Å². The molecule has 6 heteroatoms. The molecule has 0 radical (unpaired) electrons. The van der Waals surface area contributed by atoms with Crippen LogP contribution in [0.25, 0.3) is 0 Å². The smallest absolute Gasteiger partial charge is 0.224 e. The van der Waals surface area contributed by atoms with E-state index in [4.69, 9.17) is 5.73 Å². The molecule has 4 rings (SSSR count). The number of aryl methyl sites for hydroxylation is 1. The zero-order valence-corrected chi connectivity index (χ0v) is 11.7. The number of nitrogens with one attached hydrogen (secondary N) is 1. The van der Waals surface area contributed by atoms with Gasteiger partial charge in [-0.3, -0.25) is 4.79 Å². The molecule has 1 aromatic heterocycles. The predicted octanol–water partition coefficient (Wildman–Crippen LogP) is 1.37. The minimum atomic E-state index is 0.0645. The minimum absolute atomic E-state index is 0.0645. The largest absolute Gasteiger partial charge is 0.397 e. The summed E-state index contributed by atoms with van der Waals surface area (Å²) in [6, 6.07) is 3.99. The van der Waals surface area contributed by atoms with Gasteiger partial charge in [0, 0.05) is 37.6 Å². The molecule has 1 amide bonds. The number of nitrogen functional groups attached to an aromatic ring is 1. The number of hydrogen-bond acceptors (Lipinski definition) is 4. The highest BCUT2D eigenvalue weighted by Gasteiger charge is 2.22. The Hall–Kier alpha value is -2.50. The van der Waals surface area contributed by atoms with E-state index in [2.05, 4.69) is 25.8 Å². The van der Waals surface area contributed by atoms with Gasteiger partial charge in [0.2, 0.25) is 5.91 Å². The van der Waals surface area contributed by atoms with E-state index in [0.29, 0.717) is 12.1 Å². The molecule has 108 valence electrons. The van der Waals surface area contributed by atoms with Gasteiger partial charge in [-0.1, -0.05) is 0 Å². The van der Waals surface area contributed by atoms with Gasteiger partial charge in [-0.15, -0.1) is 0 Å². The Balaban J connectivity index is 1.68. The van der Waals surface area contributed by atoms with Gasteiger partial charge in [-0.25, -0.2) is 4.98 Å². The number of amides is 1. The predicted molar refractivity (Wildman–Crippen MR) is 81.1 cm³/mol. The van der Waals surface area contributed by atoms with Crippen LogP contribution in [0.5, 0.6) is 0 Å². The first-order chi connectivity index (χ1) is 10.2. The molecule has 6 nitrogen and oxygen atoms in total. The molecule has 1 aromatic carbocycles. The van der Waals surface area contributed by atoms with E-state index >= 15 is 0 Å². The van der Waals surface area contributed by atoms with Gasteiger partial charge in [0.05, 0.1) is 17.9 Å². The summed E-state index contributed by atoms with van der Waals surface area (Å²) in [5.41, 5.74) is 9.95. The molecule has 0 fully saturated rings. The van der Waals surface area contributed by atoms with E-state index in [1.54, 1.807) is 0 Å². The number of nitrogens with zero attached hydrogens (tertiary/aromatic N) is 3. The number of carbonyl (C=O) groups is 1. The number of carbonyl (C=O) groups excluding carboxylic acids is 1. The molecule has 3 heterocycles. The monoisotopic (exact) mass is 283 g/mol. The standard InChI is InChI=1S/C15H17N5O/c16-11-8-12-10(1-2-15(21)18-12)7-13(11)20-6-5-19-4-3-17-14(19)9-20/h3-4,7-8H,1-2,5-6,9,16H2,(H,18,21). The number of rotatable bonds is 1. The van der Waals surface area contributed by atoms with E-state index in [1.165, 1.54) is 0 Å². The van der Waals surface area contributed by atoms with Crippen molar-refractivity contribution >= 4 is 23.0 Å². The lowest BCUT2D eigenvalue weighted by Crippen LogP contribution is -2.34. The SMILES string of the molecule is Nc1cc2c(cc1N1CCn3ccnc3C1)CCC(=O)N2. The number of hydrogen-bond donors (Lipinski definition) is 2. The normalized spacial score (nSPS) is 17.1. The highest BCUT2D eigenvalue weighted by atomic mass is 16.1. The number of imidazole rings is 1. The molecule has 0 saturated carbocycles. The molecule has 2 aliphatic rings. The quantitative estimate of drug-likeness (QED) is 0.775. The summed E-state index contributed by atoms with van der Waals surface area (Å²) in [7, 11) is 0. The third-order valence-corrected chi connectivity index (χ3v) is 4.23. The first kappa shape index (κ1) is 12.3. The van der Waals surface area contributed by atoms with Gasteiger partial charge in [-0.05, 0) is 24.1 Å². The van der Waals surface area contributed by atoms with Crippen molar-refractivity contribution in [2.24, 2.45) is 0 Å². The van der Waals surface area contributed by atoms with E-state index in [0.717, 1.165) is 48.8 Å². The van der Waals surface area contributed by atoms with Crippen molar-refractivity contribution in [3.63, 3.8) is 0 Å². The zero-order valence-electron chi connectivity index (χ0n) is 11.7.